The van der Waals surface area contributed by atoms with Gasteiger partial charge in [-0.05, 0) is 48.4 Å². The predicted octanol–water partition coefficient (Wildman–Crippen LogP) is 2.87. The van der Waals surface area contributed by atoms with E-state index in [9.17, 15) is 9.59 Å². The van der Waals surface area contributed by atoms with Crippen molar-refractivity contribution in [3.63, 3.8) is 0 Å². The summed E-state index contributed by atoms with van der Waals surface area (Å²) in [5.41, 5.74) is 4.97. The molecule has 130 valence electrons. The fourth-order valence-electron chi connectivity index (χ4n) is 2.08. The first-order valence-electron chi connectivity index (χ1n) is 7.90. The quantitative estimate of drug-likeness (QED) is 0.601. The van der Waals surface area contributed by atoms with E-state index in [-0.39, 0.29) is 24.7 Å². The summed E-state index contributed by atoms with van der Waals surface area (Å²) in [6.45, 7) is 1.91. The van der Waals surface area contributed by atoms with Crippen molar-refractivity contribution in [1.82, 2.24) is 5.43 Å². The van der Waals surface area contributed by atoms with Crippen LogP contribution in [0, 0.1) is 6.92 Å². The van der Waals surface area contributed by atoms with Crippen molar-refractivity contribution in [2.45, 2.75) is 19.8 Å². The van der Waals surface area contributed by atoms with Crippen molar-refractivity contribution in [3.05, 3.63) is 59.7 Å². The molecular weight excluding hydrogens is 318 g/mol. The normalized spacial score (nSPS) is 10.5. The van der Waals surface area contributed by atoms with E-state index in [1.165, 1.54) is 6.21 Å². The lowest BCUT2D eigenvalue weighted by atomic mass is 10.2. The number of carbonyl (C=O) groups is 2. The number of ether oxygens (including phenoxy) is 1. The molecule has 0 saturated carbocycles. The molecule has 0 spiro atoms. The van der Waals surface area contributed by atoms with E-state index in [1.54, 1.807) is 19.2 Å². The maximum absolute atomic E-state index is 11.9. The molecule has 0 bridgehead atoms. The number of nitrogens with zero attached hydrogens (tertiary/aromatic N) is 1. The van der Waals surface area contributed by atoms with Crippen molar-refractivity contribution in [1.29, 1.82) is 0 Å². The molecule has 6 heteroatoms. The van der Waals surface area contributed by atoms with Gasteiger partial charge in [0, 0.05) is 18.5 Å². The maximum Gasteiger partial charge on any atom is 0.240 e. The largest absolute Gasteiger partial charge is 0.497 e. The van der Waals surface area contributed by atoms with Gasteiger partial charge < -0.3 is 10.1 Å². The molecular formula is C19H21N3O3. The lowest BCUT2D eigenvalue weighted by Crippen LogP contribution is -2.20. The molecule has 0 heterocycles. The first kappa shape index (κ1) is 18.2. The van der Waals surface area contributed by atoms with Crippen LogP contribution in [0.2, 0.25) is 0 Å². The number of anilines is 1. The van der Waals surface area contributed by atoms with E-state index in [0.717, 1.165) is 22.6 Å². The van der Waals surface area contributed by atoms with E-state index >= 15 is 0 Å². The van der Waals surface area contributed by atoms with Crippen molar-refractivity contribution in [2.24, 2.45) is 5.10 Å². The molecule has 0 aliphatic heterocycles. The van der Waals surface area contributed by atoms with E-state index in [2.05, 4.69) is 15.8 Å². The molecule has 0 aliphatic rings. The van der Waals surface area contributed by atoms with Crippen LogP contribution in [0.15, 0.2) is 53.6 Å². The number of carbonyl (C=O) groups excluding carboxylic acids is 2. The summed E-state index contributed by atoms with van der Waals surface area (Å²) in [6.07, 6.45) is 1.70. The highest BCUT2D eigenvalue weighted by Crippen LogP contribution is 2.13. The van der Waals surface area contributed by atoms with Crippen molar-refractivity contribution < 1.29 is 14.3 Å². The van der Waals surface area contributed by atoms with Crippen molar-refractivity contribution >= 4 is 23.7 Å². The van der Waals surface area contributed by atoms with Crippen LogP contribution in [0.5, 0.6) is 5.75 Å². The Bertz CT molecular complexity index is 755. The van der Waals surface area contributed by atoms with Gasteiger partial charge in [-0.25, -0.2) is 5.43 Å². The fourth-order valence-corrected chi connectivity index (χ4v) is 2.08. The molecule has 2 aromatic rings. The van der Waals surface area contributed by atoms with Gasteiger partial charge in [0.2, 0.25) is 11.8 Å². The number of amides is 2. The lowest BCUT2D eigenvalue weighted by molar-refractivity contribution is -0.124. The molecule has 0 unspecified atom stereocenters. The zero-order valence-electron chi connectivity index (χ0n) is 14.3. The monoisotopic (exact) mass is 339 g/mol. The predicted molar refractivity (Wildman–Crippen MR) is 97.8 cm³/mol. The van der Waals surface area contributed by atoms with Crippen LogP contribution >= 0.6 is 0 Å². The third kappa shape index (κ3) is 6.10. The molecule has 0 aromatic heterocycles. The Labute approximate surface area is 146 Å². The second-order valence-electron chi connectivity index (χ2n) is 5.43. The van der Waals surface area contributed by atoms with Crippen molar-refractivity contribution in [3.8, 4) is 5.75 Å². The summed E-state index contributed by atoms with van der Waals surface area (Å²) in [4.78, 5) is 23.6. The fraction of sp³-hybridized carbons (Fsp3) is 0.211. The lowest BCUT2D eigenvalue weighted by Gasteiger charge is -2.07. The number of methoxy groups -OCH3 is 1. The van der Waals surface area contributed by atoms with Gasteiger partial charge in [0.15, 0.2) is 0 Å². The molecule has 2 N–H and O–H groups in total. The summed E-state index contributed by atoms with van der Waals surface area (Å²) in [5, 5.41) is 6.67. The Morgan fingerprint density at radius 1 is 1.04 bits per heavy atom. The van der Waals surface area contributed by atoms with Crippen molar-refractivity contribution in [2.75, 3.05) is 12.4 Å². The van der Waals surface area contributed by atoms with Gasteiger partial charge in [-0.15, -0.1) is 0 Å². The third-order valence-corrected chi connectivity index (χ3v) is 3.52. The van der Waals surface area contributed by atoms with Gasteiger partial charge in [0.1, 0.15) is 5.75 Å². The van der Waals surface area contributed by atoms with Crippen LogP contribution in [-0.4, -0.2) is 25.1 Å². The SMILES string of the molecule is COc1ccc(C=NNC(=O)CCC(=O)Nc2ccccc2C)cc1. The minimum absolute atomic E-state index is 0.0671. The Balaban J connectivity index is 1.73. The van der Waals surface area contributed by atoms with E-state index < -0.39 is 0 Å². The molecule has 0 aliphatic carbocycles. The van der Waals surface area contributed by atoms with Gasteiger partial charge in [-0.2, -0.15) is 5.10 Å². The number of hydrogen-bond acceptors (Lipinski definition) is 4. The summed E-state index contributed by atoms with van der Waals surface area (Å²) in [7, 11) is 1.60. The number of para-hydroxylation sites is 1. The van der Waals surface area contributed by atoms with Crippen LogP contribution in [0.1, 0.15) is 24.0 Å². The average Bonchev–Trinajstić information content (AvgIpc) is 2.62. The van der Waals surface area contributed by atoms with E-state index in [4.69, 9.17) is 4.74 Å². The van der Waals surface area contributed by atoms with Gasteiger partial charge in [-0.3, -0.25) is 9.59 Å². The van der Waals surface area contributed by atoms with Crippen LogP contribution in [0.3, 0.4) is 0 Å². The molecule has 0 saturated heterocycles. The summed E-state index contributed by atoms with van der Waals surface area (Å²) in [6, 6.07) is 14.7. The highest BCUT2D eigenvalue weighted by molar-refractivity contribution is 5.94. The Hall–Kier alpha value is -3.15. The Kier molecular flexibility index (Phi) is 6.71. The molecule has 2 aromatic carbocycles. The average molecular weight is 339 g/mol. The first-order chi connectivity index (χ1) is 12.1. The minimum Gasteiger partial charge on any atom is -0.497 e. The summed E-state index contributed by atoms with van der Waals surface area (Å²) < 4.78 is 5.06. The topological polar surface area (TPSA) is 79.8 Å². The minimum atomic E-state index is -0.315. The summed E-state index contributed by atoms with van der Waals surface area (Å²) >= 11 is 0. The number of aryl methyl sites for hydroxylation is 1. The number of nitrogens with one attached hydrogen (secondary N) is 2. The zero-order chi connectivity index (χ0) is 18.1. The van der Waals surface area contributed by atoms with Crippen LogP contribution in [0.25, 0.3) is 0 Å². The zero-order valence-corrected chi connectivity index (χ0v) is 14.3. The smallest absolute Gasteiger partial charge is 0.240 e. The molecule has 25 heavy (non-hydrogen) atoms. The highest BCUT2D eigenvalue weighted by Gasteiger charge is 2.07. The third-order valence-electron chi connectivity index (χ3n) is 3.52. The second-order valence-corrected chi connectivity index (χ2v) is 5.43. The maximum atomic E-state index is 11.9. The molecule has 0 atom stereocenters. The first-order valence-corrected chi connectivity index (χ1v) is 7.90. The van der Waals surface area contributed by atoms with Gasteiger partial charge in [0.05, 0.1) is 13.3 Å². The molecule has 0 fully saturated rings. The second kappa shape index (κ2) is 9.22. The standard InChI is InChI=1S/C19H21N3O3/c1-14-5-3-4-6-17(14)21-18(23)11-12-19(24)22-20-13-15-7-9-16(25-2)10-8-15/h3-10,13H,11-12H2,1-2H3,(H,21,23)(H,22,24). The summed E-state index contributed by atoms with van der Waals surface area (Å²) in [5.74, 6) is 0.231. The molecule has 6 nitrogen and oxygen atoms in total. The Morgan fingerprint density at radius 2 is 1.72 bits per heavy atom. The van der Waals surface area contributed by atoms with Crippen LogP contribution in [-0.2, 0) is 9.59 Å². The van der Waals surface area contributed by atoms with E-state index in [0.29, 0.717) is 0 Å². The van der Waals surface area contributed by atoms with Gasteiger partial charge in [0.25, 0.3) is 0 Å². The number of hydrogen-bond donors (Lipinski definition) is 2. The number of rotatable bonds is 7. The van der Waals surface area contributed by atoms with Crippen LogP contribution in [0.4, 0.5) is 5.69 Å². The molecule has 2 amide bonds. The number of hydrazone groups is 1. The van der Waals surface area contributed by atoms with Crippen LogP contribution < -0.4 is 15.5 Å². The number of benzene rings is 2. The molecule has 0 radical (unpaired) electrons. The highest BCUT2D eigenvalue weighted by atomic mass is 16.5. The molecule has 2 rings (SSSR count). The van der Waals surface area contributed by atoms with Gasteiger partial charge >= 0.3 is 0 Å². The van der Waals surface area contributed by atoms with Gasteiger partial charge in [-0.1, -0.05) is 18.2 Å². The Morgan fingerprint density at radius 3 is 2.40 bits per heavy atom. The van der Waals surface area contributed by atoms with E-state index in [1.807, 2.05) is 43.3 Å².